The second kappa shape index (κ2) is 5.78. The molecule has 0 unspecified atom stereocenters. The number of hydrogen-bond acceptors (Lipinski definition) is 3. The van der Waals surface area contributed by atoms with E-state index in [0.29, 0.717) is 16.5 Å². The predicted octanol–water partition coefficient (Wildman–Crippen LogP) is 3.96. The normalized spacial score (nSPS) is 10.3. The average Bonchev–Trinajstić information content (AvgIpc) is 2.56. The quantitative estimate of drug-likeness (QED) is 0.728. The number of carbonyl (C=O) groups excluding carboxylic acids is 1. The molecule has 3 aromatic carbocycles. The lowest BCUT2D eigenvalue weighted by Gasteiger charge is -2.13. The molecule has 5 heteroatoms. The van der Waals surface area contributed by atoms with Crippen LogP contribution in [0.2, 0.25) is 0 Å². The molecule has 0 radical (unpaired) electrons. The van der Waals surface area contributed by atoms with Gasteiger partial charge in [-0.2, -0.15) is 0 Å². The topological polar surface area (TPSA) is 80.3 Å². The van der Waals surface area contributed by atoms with E-state index in [-0.39, 0.29) is 11.3 Å². The molecule has 0 spiro atoms. The Hall–Kier alpha value is -3.39. The highest BCUT2D eigenvalue weighted by Crippen LogP contribution is 2.36. The Morgan fingerprint density at radius 2 is 1.83 bits per heavy atom. The van der Waals surface area contributed by atoms with E-state index in [1.807, 2.05) is 19.1 Å². The molecule has 23 heavy (non-hydrogen) atoms. The van der Waals surface area contributed by atoms with Crippen LogP contribution in [-0.4, -0.2) is 5.91 Å². The van der Waals surface area contributed by atoms with Crippen molar-refractivity contribution in [1.29, 1.82) is 5.39 Å². The van der Waals surface area contributed by atoms with Crippen molar-refractivity contribution in [3.63, 3.8) is 0 Å². The molecule has 0 saturated heterocycles. The van der Waals surface area contributed by atoms with Crippen molar-refractivity contribution in [1.82, 2.24) is 0 Å². The largest absolute Gasteiger partial charge is 0.866 e. The monoisotopic (exact) mass is 303 g/mol. The van der Waals surface area contributed by atoms with Gasteiger partial charge >= 0.3 is 5.69 Å². The Morgan fingerprint density at radius 3 is 2.52 bits per heavy atom. The van der Waals surface area contributed by atoms with Gasteiger partial charge in [-0.1, -0.05) is 35.9 Å². The number of amides is 1. The zero-order valence-corrected chi connectivity index (χ0v) is 12.4. The molecular weight excluding hydrogens is 290 g/mol. The van der Waals surface area contributed by atoms with Crippen LogP contribution in [-0.2, 0) is 0 Å². The zero-order valence-electron chi connectivity index (χ0n) is 12.4. The van der Waals surface area contributed by atoms with E-state index in [1.165, 1.54) is 6.07 Å². The number of benzene rings is 3. The molecule has 1 N–H and O–H groups in total. The molecule has 5 nitrogen and oxygen atoms in total. The van der Waals surface area contributed by atoms with Crippen LogP contribution in [0.25, 0.3) is 15.7 Å². The molecular formula is C18H13N3O2. The van der Waals surface area contributed by atoms with Crippen molar-refractivity contribution < 1.29 is 9.90 Å². The third kappa shape index (κ3) is 2.70. The van der Waals surface area contributed by atoms with Crippen molar-refractivity contribution >= 4 is 28.1 Å². The fourth-order valence-corrected chi connectivity index (χ4v) is 2.41. The van der Waals surface area contributed by atoms with Crippen molar-refractivity contribution in [2.45, 2.75) is 6.92 Å². The molecule has 3 aromatic rings. The minimum absolute atomic E-state index is 0.0583. The molecule has 112 valence electrons. The Balaban J connectivity index is 2.05. The second-order valence-electron chi connectivity index (χ2n) is 5.24. The second-order valence-corrected chi connectivity index (χ2v) is 5.24. The van der Waals surface area contributed by atoms with Gasteiger partial charge in [0.05, 0.1) is 5.39 Å². The van der Waals surface area contributed by atoms with Gasteiger partial charge in [-0.3, -0.25) is 4.79 Å². The summed E-state index contributed by atoms with van der Waals surface area (Å²) < 4.78 is 0. The summed E-state index contributed by atoms with van der Waals surface area (Å²) >= 11 is 0. The maximum atomic E-state index is 12.4. The van der Waals surface area contributed by atoms with Crippen molar-refractivity contribution in [2.75, 3.05) is 5.32 Å². The summed E-state index contributed by atoms with van der Waals surface area (Å²) in [5.41, 5.74) is 1.48. The van der Waals surface area contributed by atoms with E-state index in [9.17, 15) is 9.90 Å². The number of nitrogens with one attached hydrogen (secondary N) is 1. The van der Waals surface area contributed by atoms with Crippen LogP contribution in [0.3, 0.4) is 0 Å². The lowest BCUT2D eigenvalue weighted by atomic mass is 10.0. The van der Waals surface area contributed by atoms with E-state index >= 15 is 0 Å². The van der Waals surface area contributed by atoms with Crippen molar-refractivity contribution in [3.05, 3.63) is 70.7 Å². The van der Waals surface area contributed by atoms with Gasteiger partial charge in [-0.15, -0.1) is 0 Å². The molecule has 0 saturated carbocycles. The summed E-state index contributed by atoms with van der Waals surface area (Å²) in [5, 5.41) is 25.4. The molecule has 0 heterocycles. The van der Waals surface area contributed by atoms with Gasteiger partial charge in [-0.25, -0.2) is 0 Å². The molecule has 3 rings (SSSR count). The van der Waals surface area contributed by atoms with Crippen LogP contribution < -0.4 is 10.4 Å². The Labute approximate surface area is 132 Å². The van der Waals surface area contributed by atoms with E-state index in [4.69, 9.17) is 5.39 Å². The maximum absolute atomic E-state index is 12.4. The smallest absolute Gasteiger partial charge is 0.385 e. The van der Waals surface area contributed by atoms with E-state index in [0.717, 1.165) is 5.56 Å². The first-order valence-electron chi connectivity index (χ1n) is 7.06. The fourth-order valence-electron chi connectivity index (χ4n) is 2.41. The third-order valence-electron chi connectivity index (χ3n) is 3.63. The highest BCUT2D eigenvalue weighted by Gasteiger charge is 2.20. The van der Waals surface area contributed by atoms with Crippen LogP contribution in [0.1, 0.15) is 15.9 Å². The number of hydrogen-bond donors (Lipinski definition) is 1. The molecule has 0 aliphatic carbocycles. The minimum Gasteiger partial charge on any atom is -0.866 e. The zero-order chi connectivity index (χ0) is 16.4. The van der Waals surface area contributed by atoms with Crippen molar-refractivity contribution in [2.24, 2.45) is 0 Å². The Bertz CT molecular complexity index is 941. The highest BCUT2D eigenvalue weighted by molar-refractivity contribution is 6.12. The highest BCUT2D eigenvalue weighted by atomic mass is 16.3. The lowest BCUT2D eigenvalue weighted by Crippen LogP contribution is -2.14. The summed E-state index contributed by atoms with van der Waals surface area (Å²) in [6, 6.07) is 15.7. The first-order chi connectivity index (χ1) is 11.1. The van der Waals surface area contributed by atoms with Crippen molar-refractivity contribution in [3.8, 4) is 5.75 Å². The van der Waals surface area contributed by atoms with Gasteiger partial charge in [0, 0.05) is 17.0 Å². The van der Waals surface area contributed by atoms with Crippen LogP contribution in [0.4, 0.5) is 11.4 Å². The Morgan fingerprint density at radius 1 is 1.13 bits per heavy atom. The van der Waals surface area contributed by atoms with E-state index < -0.39 is 11.7 Å². The number of nitrogens with zero attached hydrogens (tertiary/aromatic N) is 2. The van der Waals surface area contributed by atoms with Crippen LogP contribution in [0, 0.1) is 12.3 Å². The first kappa shape index (κ1) is 14.5. The number of carbonyl (C=O) groups is 1. The van der Waals surface area contributed by atoms with Gasteiger partial charge < -0.3 is 10.4 Å². The predicted molar refractivity (Wildman–Crippen MR) is 87.3 cm³/mol. The lowest BCUT2D eigenvalue weighted by molar-refractivity contribution is -0.267. The summed E-state index contributed by atoms with van der Waals surface area (Å²) in [6.45, 7) is 1.94. The van der Waals surface area contributed by atoms with Crippen LogP contribution >= 0.6 is 0 Å². The number of rotatable bonds is 2. The molecule has 0 fully saturated rings. The number of fused-ring (bicyclic) bond motifs is 1. The van der Waals surface area contributed by atoms with Crippen LogP contribution in [0.15, 0.2) is 54.6 Å². The van der Waals surface area contributed by atoms with E-state index in [1.54, 1.807) is 36.4 Å². The van der Waals surface area contributed by atoms with Gasteiger partial charge in [0.15, 0.2) is 4.98 Å². The maximum Gasteiger partial charge on any atom is 0.385 e. The van der Waals surface area contributed by atoms with Gasteiger partial charge in [0.1, 0.15) is 0 Å². The van der Waals surface area contributed by atoms with Gasteiger partial charge in [0.2, 0.25) is 5.39 Å². The fraction of sp³-hybridized carbons (Fsp3) is 0.0556. The first-order valence-corrected chi connectivity index (χ1v) is 7.06. The van der Waals surface area contributed by atoms with Gasteiger partial charge in [0.25, 0.3) is 5.91 Å². The minimum atomic E-state index is -0.601. The molecule has 0 aromatic heterocycles. The average molecular weight is 303 g/mol. The third-order valence-corrected chi connectivity index (χ3v) is 3.63. The standard InChI is InChI=1S/C18H13N3O2/c1-11-6-8-13(9-7-11)20-18(23)15-10-12-4-2-3-5-14(12)16(21-19)17(15)22/h2-10H,1H3,(H-,20,22,23). The molecule has 0 aliphatic heterocycles. The van der Waals surface area contributed by atoms with E-state index in [2.05, 4.69) is 10.3 Å². The van der Waals surface area contributed by atoms with Crippen LogP contribution in [0.5, 0.6) is 5.75 Å². The molecule has 1 amide bonds. The summed E-state index contributed by atoms with van der Waals surface area (Å²) in [6.07, 6.45) is 0. The number of aryl methyl sites for hydroxylation is 1. The summed E-state index contributed by atoms with van der Waals surface area (Å²) in [7, 11) is 0. The SMILES string of the molecule is Cc1ccc(NC(=O)c2cc3ccccc3c([N+]#N)c2[O-])cc1. The molecule has 0 aliphatic rings. The molecule has 0 bridgehead atoms. The summed E-state index contributed by atoms with van der Waals surface area (Å²) in [4.78, 5) is 15.5. The number of anilines is 1. The number of diazo groups is 1. The summed E-state index contributed by atoms with van der Waals surface area (Å²) in [5.74, 6) is -1.13. The Kier molecular flexibility index (Phi) is 3.65. The molecule has 0 atom stereocenters. The van der Waals surface area contributed by atoms with Gasteiger partial charge in [-0.05, 0) is 36.6 Å².